The lowest BCUT2D eigenvalue weighted by atomic mass is 10.2. The number of hydrogen-bond donors (Lipinski definition) is 0. The maximum Gasteiger partial charge on any atom is 0.243 e. The summed E-state index contributed by atoms with van der Waals surface area (Å²) in [7, 11) is -3.67. The van der Waals surface area contributed by atoms with Crippen molar-refractivity contribution in [3.05, 3.63) is 29.8 Å². The van der Waals surface area contributed by atoms with Crippen molar-refractivity contribution < 1.29 is 13.2 Å². The Labute approximate surface area is 123 Å². The molecule has 4 nitrogen and oxygen atoms in total. The summed E-state index contributed by atoms with van der Waals surface area (Å²) in [6.07, 6.45) is 0. The van der Waals surface area contributed by atoms with E-state index in [1.54, 1.807) is 12.1 Å². The summed E-state index contributed by atoms with van der Waals surface area (Å²) < 4.78 is 26.0. The van der Waals surface area contributed by atoms with Gasteiger partial charge in [-0.2, -0.15) is 4.31 Å². The van der Waals surface area contributed by atoms with Gasteiger partial charge in [-0.1, -0.05) is 12.1 Å². The lowest BCUT2D eigenvalue weighted by Gasteiger charge is -2.20. The Morgan fingerprint density at radius 1 is 1.21 bits per heavy atom. The third kappa shape index (κ3) is 4.18. The van der Waals surface area contributed by atoms with Crippen LogP contribution in [-0.4, -0.2) is 43.4 Å². The zero-order chi connectivity index (χ0) is 14.5. The zero-order valence-electron chi connectivity index (χ0n) is 10.5. The van der Waals surface area contributed by atoms with Crippen molar-refractivity contribution in [1.29, 1.82) is 0 Å². The van der Waals surface area contributed by atoms with Crippen LogP contribution in [0.15, 0.2) is 29.2 Å². The van der Waals surface area contributed by atoms with E-state index >= 15 is 0 Å². The highest BCUT2D eigenvalue weighted by Gasteiger charge is 2.23. The van der Waals surface area contributed by atoms with Crippen molar-refractivity contribution in [2.75, 3.05) is 24.8 Å². The molecule has 0 aliphatic heterocycles. The maximum atomic E-state index is 12.4. The molecule has 0 fully saturated rings. The molecule has 0 aliphatic rings. The van der Waals surface area contributed by atoms with Crippen LogP contribution in [0.3, 0.4) is 0 Å². The molecule has 19 heavy (non-hydrogen) atoms. The van der Waals surface area contributed by atoms with Crippen molar-refractivity contribution in [3.63, 3.8) is 0 Å². The molecule has 0 unspecified atom stereocenters. The van der Waals surface area contributed by atoms with Gasteiger partial charge in [-0.25, -0.2) is 8.42 Å². The van der Waals surface area contributed by atoms with Crippen LogP contribution in [0.1, 0.15) is 17.3 Å². The van der Waals surface area contributed by atoms with Crippen LogP contribution < -0.4 is 0 Å². The predicted molar refractivity (Wildman–Crippen MR) is 76.6 cm³/mol. The molecule has 0 aliphatic carbocycles. The molecule has 0 saturated heterocycles. The number of hydrogen-bond acceptors (Lipinski definition) is 3. The van der Waals surface area contributed by atoms with E-state index in [1.165, 1.54) is 23.4 Å². The second kappa shape index (κ2) is 7.24. The number of rotatable bonds is 7. The quantitative estimate of drug-likeness (QED) is 0.571. The summed E-state index contributed by atoms with van der Waals surface area (Å²) in [4.78, 5) is 11.4. The van der Waals surface area contributed by atoms with Gasteiger partial charge in [-0.3, -0.25) is 4.79 Å². The number of carbonyl (C=O) groups is 1. The zero-order valence-corrected chi connectivity index (χ0v) is 12.8. The number of Topliss-reactive ketones (excluding diaryl/α,β-unsaturated/α-hetero) is 1. The summed E-state index contributed by atoms with van der Waals surface area (Å²) in [6.45, 7) is 1.75. The van der Waals surface area contributed by atoms with Crippen LogP contribution in [0.5, 0.6) is 0 Å². The molecule has 0 bridgehead atoms. The Hall–Kier alpha value is -0.620. The Bertz CT molecular complexity index is 540. The molecular weight excluding hydrogens is 309 g/mol. The van der Waals surface area contributed by atoms with E-state index in [0.717, 1.165) is 0 Å². The largest absolute Gasteiger partial charge is 0.295 e. The van der Waals surface area contributed by atoms with Crippen molar-refractivity contribution in [2.45, 2.75) is 11.8 Å². The van der Waals surface area contributed by atoms with Gasteiger partial charge < -0.3 is 0 Å². The smallest absolute Gasteiger partial charge is 0.243 e. The van der Waals surface area contributed by atoms with E-state index in [2.05, 4.69) is 0 Å². The first-order valence-electron chi connectivity index (χ1n) is 5.66. The second-order valence-electron chi connectivity index (χ2n) is 3.87. The molecule has 106 valence electrons. The molecule has 1 aromatic rings. The van der Waals surface area contributed by atoms with Crippen molar-refractivity contribution in [1.82, 2.24) is 4.31 Å². The molecule has 0 heterocycles. The average molecular weight is 324 g/mol. The third-order valence-electron chi connectivity index (χ3n) is 2.55. The predicted octanol–water partition coefficient (Wildman–Crippen LogP) is 2.36. The van der Waals surface area contributed by atoms with Gasteiger partial charge in [0.15, 0.2) is 5.78 Å². The fourth-order valence-electron chi connectivity index (χ4n) is 1.57. The normalized spacial score (nSPS) is 11.8. The highest BCUT2D eigenvalue weighted by molar-refractivity contribution is 7.89. The first kappa shape index (κ1) is 16.4. The Morgan fingerprint density at radius 3 is 2.26 bits per heavy atom. The molecule has 0 radical (unpaired) electrons. The minimum Gasteiger partial charge on any atom is -0.295 e. The van der Waals surface area contributed by atoms with Crippen LogP contribution in [0.4, 0.5) is 0 Å². The summed E-state index contributed by atoms with van der Waals surface area (Å²) in [5.41, 5.74) is 0.359. The van der Waals surface area contributed by atoms with Gasteiger partial charge in [0, 0.05) is 30.4 Å². The van der Waals surface area contributed by atoms with Crippen molar-refractivity contribution in [2.24, 2.45) is 0 Å². The number of alkyl halides is 2. The topological polar surface area (TPSA) is 54.5 Å². The molecule has 0 spiro atoms. The van der Waals surface area contributed by atoms with Gasteiger partial charge in [0.2, 0.25) is 10.0 Å². The number of halogens is 2. The van der Waals surface area contributed by atoms with Crippen LogP contribution in [0, 0.1) is 0 Å². The first-order chi connectivity index (χ1) is 8.93. The van der Waals surface area contributed by atoms with Gasteiger partial charge in [0.1, 0.15) is 0 Å². The fraction of sp³-hybridized carbons (Fsp3) is 0.417. The van der Waals surface area contributed by atoms with E-state index in [-0.39, 0.29) is 35.5 Å². The monoisotopic (exact) mass is 323 g/mol. The molecular formula is C12H15Cl2NO3S. The van der Waals surface area contributed by atoms with E-state index in [9.17, 15) is 13.2 Å². The van der Waals surface area contributed by atoms with E-state index in [1.807, 2.05) is 0 Å². The summed E-state index contributed by atoms with van der Waals surface area (Å²) in [5, 5.41) is 0. The Kier molecular flexibility index (Phi) is 6.26. The highest BCUT2D eigenvalue weighted by atomic mass is 35.5. The lowest BCUT2D eigenvalue weighted by molar-refractivity contribution is 0.101. The molecule has 0 N–H and O–H groups in total. The Balaban J connectivity index is 3.17. The average Bonchev–Trinajstić information content (AvgIpc) is 2.38. The number of ketones is 1. The van der Waals surface area contributed by atoms with Gasteiger partial charge in [-0.15, -0.1) is 23.2 Å². The van der Waals surface area contributed by atoms with Crippen LogP contribution in [0.25, 0.3) is 0 Å². The molecule has 0 amide bonds. The van der Waals surface area contributed by atoms with Gasteiger partial charge in [0.25, 0.3) is 0 Å². The summed E-state index contributed by atoms with van der Waals surface area (Å²) >= 11 is 11.2. The SMILES string of the molecule is CC(=O)c1cccc(S(=O)(=O)N(CCCl)CCCl)c1. The number of nitrogens with zero attached hydrogens (tertiary/aromatic N) is 1. The standard InChI is InChI=1S/C12H15Cl2NO3S/c1-10(16)11-3-2-4-12(9-11)19(17,18)15(7-5-13)8-6-14/h2-4,9H,5-8H2,1H3. The lowest BCUT2D eigenvalue weighted by Crippen LogP contribution is -2.34. The minimum atomic E-state index is -3.67. The molecule has 0 atom stereocenters. The van der Waals surface area contributed by atoms with Crippen molar-refractivity contribution >= 4 is 39.0 Å². The van der Waals surface area contributed by atoms with Crippen LogP contribution >= 0.6 is 23.2 Å². The number of benzene rings is 1. The third-order valence-corrected chi connectivity index (χ3v) is 4.78. The van der Waals surface area contributed by atoms with Crippen molar-refractivity contribution in [3.8, 4) is 0 Å². The molecule has 7 heteroatoms. The first-order valence-corrected chi connectivity index (χ1v) is 8.17. The molecule has 0 aromatic heterocycles. The fourth-order valence-corrected chi connectivity index (χ4v) is 3.66. The van der Waals surface area contributed by atoms with Crippen LogP contribution in [0.2, 0.25) is 0 Å². The van der Waals surface area contributed by atoms with Crippen LogP contribution in [-0.2, 0) is 10.0 Å². The summed E-state index contributed by atoms with van der Waals surface area (Å²) in [5.74, 6) is 0.184. The van der Waals surface area contributed by atoms with Gasteiger partial charge in [0.05, 0.1) is 4.90 Å². The number of carbonyl (C=O) groups excluding carboxylic acids is 1. The van der Waals surface area contributed by atoms with Gasteiger partial charge >= 0.3 is 0 Å². The van der Waals surface area contributed by atoms with E-state index in [4.69, 9.17) is 23.2 Å². The van der Waals surface area contributed by atoms with Gasteiger partial charge in [-0.05, 0) is 19.1 Å². The Morgan fingerprint density at radius 2 is 1.79 bits per heavy atom. The highest BCUT2D eigenvalue weighted by Crippen LogP contribution is 2.17. The number of sulfonamides is 1. The molecule has 0 saturated carbocycles. The maximum absolute atomic E-state index is 12.4. The van der Waals surface area contributed by atoms with E-state index in [0.29, 0.717) is 5.56 Å². The summed E-state index contributed by atoms with van der Waals surface area (Å²) in [6, 6.07) is 5.95. The molecule has 1 rings (SSSR count). The molecule has 1 aromatic carbocycles. The second-order valence-corrected chi connectivity index (χ2v) is 6.56. The minimum absolute atomic E-state index is 0.0791. The van der Waals surface area contributed by atoms with E-state index < -0.39 is 10.0 Å².